The molecule has 0 aliphatic carbocycles. The zero-order valence-corrected chi connectivity index (χ0v) is 6.51. The van der Waals surface area contributed by atoms with Gasteiger partial charge >= 0.3 is 0 Å². The van der Waals surface area contributed by atoms with Gasteiger partial charge in [-0.3, -0.25) is 9.78 Å². The Bertz CT molecular complexity index is 275. The number of alkyl halides is 1. The Labute approximate surface area is 69.2 Å². The summed E-state index contributed by atoms with van der Waals surface area (Å²) in [5.74, 6) is -0.141. The van der Waals surface area contributed by atoms with Crippen LogP contribution in [0.5, 0.6) is 0 Å². The average Bonchev–Trinajstić information content (AvgIpc) is 2.05. The minimum Gasteiger partial charge on any atom is -0.366 e. The van der Waals surface area contributed by atoms with Crippen molar-refractivity contribution in [2.24, 2.45) is 5.73 Å². The zero-order valence-electron chi connectivity index (χ0n) is 5.75. The normalized spacial score (nSPS) is 9.55. The van der Waals surface area contributed by atoms with Crippen LogP contribution >= 0.6 is 11.6 Å². The molecule has 0 unspecified atom stereocenters. The minimum atomic E-state index is -0.482. The Morgan fingerprint density at radius 1 is 1.64 bits per heavy atom. The monoisotopic (exact) mass is 170 g/mol. The van der Waals surface area contributed by atoms with Crippen LogP contribution in [0.1, 0.15) is 15.9 Å². The van der Waals surface area contributed by atoms with Gasteiger partial charge in [0, 0.05) is 18.3 Å². The number of halogens is 1. The molecule has 0 aliphatic rings. The van der Waals surface area contributed by atoms with E-state index in [2.05, 4.69) is 4.98 Å². The first-order chi connectivity index (χ1) is 5.24. The lowest BCUT2D eigenvalue weighted by atomic mass is 10.2. The summed E-state index contributed by atoms with van der Waals surface area (Å²) in [6.07, 6.45) is 3.01. The molecule has 4 heteroatoms. The van der Waals surface area contributed by atoms with Gasteiger partial charge in [-0.15, -0.1) is 11.6 Å². The third-order valence-corrected chi connectivity index (χ3v) is 1.54. The first kappa shape index (κ1) is 8.01. The highest BCUT2D eigenvalue weighted by Gasteiger charge is 2.00. The van der Waals surface area contributed by atoms with E-state index in [1.54, 1.807) is 12.3 Å². The molecule has 0 fully saturated rings. The van der Waals surface area contributed by atoms with Gasteiger partial charge in [0.2, 0.25) is 5.91 Å². The molecule has 0 radical (unpaired) electrons. The van der Waals surface area contributed by atoms with Crippen molar-refractivity contribution in [1.82, 2.24) is 4.98 Å². The number of carbonyl (C=O) groups excluding carboxylic acids is 1. The fourth-order valence-corrected chi connectivity index (χ4v) is 0.842. The van der Waals surface area contributed by atoms with Crippen LogP contribution in [0.4, 0.5) is 0 Å². The minimum absolute atomic E-state index is 0.341. The molecular formula is C7H7ClN2O. The largest absolute Gasteiger partial charge is 0.366 e. The smallest absolute Gasteiger partial charge is 0.250 e. The van der Waals surface area contributed by atoms with Crippen molar-refractivity contribution in [3.63, 3.8) is 0 Å². The molecule has 0 spiro atoms. The maximum absolute atomic E-state index is 10.6. The maximum Gasteiger partial charge on any atom is 0.250 e. The Hall–Kier alpha value is -1.09. The van der Waals surface area contributed by atoms with E-state index in [0.717, 1.165) is 5.56 Å². The Morgan fingerprint density at radius 3 is 2.91 bits per heavy atom. The molecule has 0 atom stereocenters. The van der Waals surface area contributed by atoms with Gasteiger partial charge in [0.1, 0.15) is 0 Å². The van der Waals surface area contributed by atoms with Crippen LogP contribution < -0.4 is 5.73 Å². The van der Waals surface area contributed by atoms with Crippen molar-refractivity contribution < 1.29 is 4.79 Å². The number of rotatable bonds is 2. The average molecular weight is 171 g/mol. The van der Waals surface area contributed by atoms with E-state index in [-0.39, 0.29) is 0 Å². The molecule has 1 rings (SSSR count). The van der Waals surface area contributed by atoms with E-state index in [4.69, 9.17) is 17.3 Å². The van der Waals surface area contributed by atoms with Gasteiger partial charge < -0.3 is 5.73 Å². The molecule has 0 aliphatic heterocycles. The molecule has 3 nitrogen and oxygen atoms in total. The van der Waals surface area contributed by atoms with Gasteiger partial charge in [0.15, 0.2) is 0 Å². The fraction of sp³-hybridized carbons (Fsp3) is 0.143. The standard InChI is InChI=1S/C7H7ClN2O/c8-2-5-1-6(7(9)11)4-10-3-5/h1,3-4H,2H2,(H2,9,11). The molecule has 1 amide bonds. The van der Waals surface area contributed by atoms with Crippen LogP contribution in [0.2, 0.25) is 0 Å². The number of nitrogens with zero attached hydrogens (tertiary/aromatic N) is 1. The summed E-state index contributed by atoms with van der Waals surface area (Å²) in [6.45, 7) is 0. The van der Waals surface area contributed by atoms with Crippen LogP contribution in [0.3, 0.4) is 0 Å². The van der Waals surface area contributed by atoms with Gasteiger partial charge in [-0.1, -0.05) is 0 Å². The number of aromatic nitrogens is 1. The molecule has 0 saturated heterocycles. The van der Waals surface area contributed by atoms with E-state index in [1.165, 1.54) is 6.20 Å². The second kappa shape index (κ2) is 3.34. The predicted molar refractivity (Wildman–Crippen MR) is 42.3 cm³/mol. The molecule has 0 bridgehead atoms. The predicted octanol–water partition coefficient (Wildman–Crippen LogP) is 0.919. The van der Waals surface area contributed by atoms with E-state index >= 15 is 0 Å². The second-order valence-corrected chi connectivity index (χ2v) is 2.35. The van der Waals surface area contributed by atoms with Crippen LogP contribution in [0, 0.1) is 0 Å². The first-order valence-electron chi connectivity index (χ1n) is 3.03. The summed E-state index contributed by atoms with van der Waals surface area (Å²) in [5.41, 5.74) is 6.20. The summed E-state index contributed by atoms with van der Waals surface area (Å²) >= 11 is 5.51. The first-order valence-corrected chi connectivity index (χ1v) is 3.57. The van der Waals surface area contributed by atoms with Crippen molar-refractivity contribution in [3.8, 4) is 0 Å². The van der Waals surface area contributed by atoms with Crippen molar-refractivity contribution in [3.05, 3.63) is 29.6 Å². The summed E-state index contributed by atoms with van der Waals surface area (Å²) in [5, 5.41) is 0. The highest BCUT2D eigenvalue weighted by molar-refractivity contribution is 6.17. The van der Waals surface area contributed by atoms with E-state index in [1.807, 2.05) is 0 Å². The van der Waals surface area contributed by atoms with Crippen molar-refractivity contribution in [2.45, 2.75) is 5.88 Å². The van der Waals surface area contributed by atoms with Gasteiger partial charge in [0.25, 0.3) is 0 Å². The highest BCUT2D eigenvalue weighted by atomic mass is 35.5. The zero-order chi connectivity index (χ0) is 8.27. The molecule has 1 aromatic heterocycles. The van der Waals surface area contributed by atoms with Gasteiger partial charge in [-0.2, -0.15) is 0 Å². The molecule has 0 aromatic carbocycles. The van der Waals surface area contributed by atoms with Crippen molar-refractivity contribution >= 4 is 17.5 Å². The van der Waals surface area contributed by atoms with Crippen LogP contribution in [-0.4, -0.2) is 10.9 Å². The van der Waals surface area contributed by atoms with Gasteiger partial charge in [-0.25, -0.2) is 0 Å². The lowest BCUT2D eigenvalue weighted by Crippen LogP contribution is -2.11. The number of primary amides is 1. The summed E-state index contributed by atoms with van der Waals surface area (Å²) < 4.78 is 0. The Kier molecular flexibility index (Phi) is 2.44. The van der Waals surface area contributed by atoms with Crippen molar-refractivity contribution in [1.29, 1.82) is 0 Å². The van der Waals surface area contributed by atoms with E-state index < -0.39 is 5.91 Å². The van der Waals surface area contributed by atoms with E-state index in [0.29, 0.717) is 11.4 Å². The summed E-state index contributed by atoms with van der Waals surface area (Å²) in [7, 11) is 0. The third kappa shape index (κ3) is 1.91. The van der Waals surface area contributed by atoms with E-state index in [9.17, 15) is 4.79 Å². The van der Waals surface area contributed by atoms with Gasteiger partial charge in [0.05, 0.1) is 5.56 Å². The lowest BCUT2D eigenvalue weighted by Gasteiger charge is -1.96. The topological polar surface area (TPSA) is 56.0 Å². The maximum atomic E-state index is 10.6. The highest BCUT2D eigenvalue weighted by Crippen LogP contribution is 2.04. The quantitative estimate of drug-likeness (QED) is 0.671. The third-order valence-electron chi connectivity index (χ3n) is 1.23. The number of hydrogen-bond donors (Lipinski definition) is 1. The molecule has 1 aromatic rings. The Balaban J connectivity index is 3.01. The fourth-order valence-electron chi connectivity index (χ4n) is 0.695. The number of carbonyl (C=O) groups is 1. The molecular weight excluding hydrogens is 164 g/mol. The lowest BCUT2D eigenvalue weighted by molar-refractivity contribution is 0.1000. The number of amides is 1. The molecule has 58 valence electrons. The molecule has 11 heavy (non-hydrogen) atoms. The number of pyridine rings is 1. The SMILES string of the molecule is NC(=O)c1cncc(CCl)c1. The van der Waals surface area contributed by atoms with Crippen molar-refractivity contribution in [2.75, 3.05) is 0 Å². The molecule has 2 N–H and O–H groups in total. The second-order valence-electron chi connectivity index (χ2n) is 2.08. The van der Waals surface area contributed by atoms with Gasteiger partial charge in [-0.05, 0) is 11.6 Å². The molecule has 0 saturated carbocycles. The molecule has 1 heterocycles. The number of nitrogens with two attached hydrogens (primary N) is 1. The summed E-state index contributed by atoms with van der Waals surface area (Å²) in [6, 6.07) is 1.63. The van der Waals surface area contributed by atoms with Crippen LogP contribution in [0.25, 0.3) is 0 Å². The number of hydrogen-bond acceptors (Lipinski definition) is 2. The van der Waals surface area contributed by atoms with Crippen LogP contribution in [-0.2, 0) is 5.88 Å². The summed E-state index contributed by atoms with van der Waals surface area (Å²) in [4.78, 5) is 14.4. The Morgan fingerprint density at radius 2 is 2.36 bits per heavy atom. The van der Waals surface area contributed by atoms with Crippen LogP contribution in [0.15, 0.2) is 18.5 Å².